The van der Waals surface area contributed by atoms with Gasteiger partial charge in [-0.3, -0.25) is 9.59 Å². The summed E-state index contributed by atoms with van der Waals surface area (Å²) in [6.07, 6.45) is 4.25. The molecule has 4 aliphatic rings. The first-order valence-electron chi connectivity index (χ1n) is 10.3. The number of ether oxygens (including phenoxy) is 1. The lowest BCUT2D eigenvalue weighted by Gasteiger charge is -2.61. The van der Waals surface area contributed by atoms with Crippen LogP contribution in [0, 0.1) is 34.5 Å². The number of aliphatic hydroxyl groups is 2. The summed E-state index contributed by atoms with van der Waals surface area (Å²) in [6.45, 7) is 5.80. The monoisotopic (exact) mass is 364 g/mol. The van der Waals surface area contributed by atoms with Crippen LogP contribution >= 0.6 is 0 Å². The number of hydrogen-bond acceptors (Lipinski definition) is 5. The van der Waals surface area contributed by atoms with E-state index in [0.717, 1.165) is 32.1 Å². The van der Waals surface area contributed by atoms with Crippen molar-refractivity contribution in [1.29, 1.82) is 0 Å². The Hall–Kier alpha value is -0.940. The Morgan fingerprint density at radius 2 is 1.69 bits per heavy atom. The SMILES string of the molecule is CC(=O)OC1C[C@H]2[C@@H]3CC[C@H](O)[C@@]3(C)CC[C@@H]2[C@@]2(C)CC[C@H](O)C(=O)C12. The normalized spacial score (nSPS) is 53.4. The van der Waals surface area contributed by atoms with E-state index in [0.29, 0.717) is 30.6 Å². The molecule has 4 saturated carbocycles. The van der Waals surface area contributed by atoms with Crippen LogP contribution in [0.2, 0.25) is 0 Å². The summed E-state index contributed by atoms with van der Waals surface area (Å²) in [5.74, 6) is 0.316. The molecular weight excluding hydrogens is 332 g/mol. The molecule has 4 fully saturated rings. The number of esters is 1. The summed E-state index contributed by atoms with van der Waals surface area (Å²) >= 11 is 0. The molecule has 2 unspecified atom stereocenters. The number of ketones is 1. The highest BCUT2D eigenvalue weighted by molar-refractivity contribution is 5.87. The second-order valence-corrected chi connectivity index (χ2v) is 9.84. The fourth-order valence-corrected chi connectivity index (χ4v) is 7.44. The van der Waals surface area contributed by atoms with Gasteiger partial charge in [0.25, 0.3) is 0 Å². The maximum absolute atomic E-state index is 12.9. The Morgan fingerprint density at radius 3 is 2.38 bits per heavy atom. The molecular formula is C21H32O5. The van der Waals surface area contributed by atoms with Crippen molar-refractivity contribution >= 4 is 11.8 Å². The standard InChI is InChI=1S/C21H32O5/c1-11(22)26-16-10-12-13-4-5-17(24)20(13,2)8-6-14(12)21(3)9-7-15(23)19(25)18(16)21/h12-18,23-24H,4-10H2,1-3H3/t12-,13-,14-,15-,16?,17-,18?,20-,21+/m0/s1. The summed E-state index contributed by atoms with van der Waals surface area (Å²) in [6, 6.07) is 0. The van der Waals surface area contributed by atoms with Gasteiger partial charge in [0.2, 0.25) is 0 Å². The number of fused-ring (bicyclic) bond motifs is 5. The summed E-state index contributed by atoms with van der Waals surface area (Å²) < 4.78 is 5.67. The van der Waals surface area contributed by atoms with Crippen molar-refractivity contribution in [2.45, 2.75) is 84.0 Å². The number of carbonyl (C=O) groups excluding carboxylic acids is 2. The van der Waals surface area contributed by atoms with Gasteiger partial charge in [-0.2, -0.15) is 0 Å². The molecule has 0 saturated heterocycles. The van der Waals surface area contributed by atoms with Crippen molar-refractivity contribution in [2.24, 2.45) is 34.5 Å². The van der Waals surface area contributed by atoms with Crippen LogP contribution in [0.5, 0.6) is 0 Å². The van der Waals surface area contributed by atoms with Gasteiger partial charge in [0.05, 0.1) is 12.0 Å². The molecule has 0 aromatic heterocycles. The fourth-order valence-electron chi connectivity index (χ4n) is 7.44. The second kappa shape index (κ2) is 6.03. The zero-order valence-corrected chi connectivity index (χ0v) is 16.1. The van der Waals surface area contributed by atoms with Crippen LogP contribution in [0.3, 0.4) is 0 Å². The van der Waals surface area contributed by atoms with Crippen molar-refractivity contribution in [1.82, 2.24) is 0 Å². The van der Waals surface area contributed by atoms with Crippen LogP contribution in [-0.4, -0.2) is 40.3 Å². The van der Waals surface area contributed by atoms with Crippen molar-refractivity contribution in [3.05, 3.63) is 0 Å². The zero-order valence-electron chi connectivity index (χ0n) is 16.1. The number of aliphatic hydroxyl groups excluding tert-OH is 2. The van der Waals surface area contributed by atoms with Gasteiger partial charge in [0, 0.05) is 6.92 Å². The fraction of sp³-hybridized carbons (Fsp3) is 0.905. The van der Waals surface area contributed by atoms with Gasteiger partial charge in [0.15, 0.2) is 5.78 Å². The molecule has 5 heteroatoms. The maximum Gasteiger partial charge on any atom is 0.302 e. The second-order valence-electron chi connectivity index (χ2n) is 9.84. The Morgan fingerprint density at radius 1 is 1.04 bits per heavy atom. The molecule has 0 amide bonds. The van der Waals surface area contributed by atoms with E-state index in [9.17, 15) is 19.8 Å². The number of rotatable bonds is 1. The summed E-state index contributed by atoms with van der Waals surface area (Å²) in [4.78, 5) is 24.6. The van der Waals surface area contributed by atoms with E-state index in [1.807, 2.05) is 0 Å². The molecule has 0 radical (unpaired) electrons. The van der Waals surface area contributed by atoms with Crippen LogP contribution in [0.4, 0.5) is 0 Å². The minimum atomic E-state index is -0.926. The van der Waals surface area contributed by atoms with Gasteiger partial charge in [-0.05, 0) is 73.5 Å². The van der Waals surface area contributed by atoms with Crippen molar-refractivity contribution in [2.75, 3.05) is 0 Å². The van der Waals surface area contributed by atoms with Gasteiger partial charge in [-0.15, -0.1) is 0 Å². The van der Waals surface area contributed by atoms with Crippen molar-refractivity contribution in [3.8, 4) is 0 Å². The van der Waals surface area contributed by atoms with E-state index in [2.05, 4.69) is 13.8 Å². The van der Waals surface area contributed by atoms with E-state index >= 15 is 0 Å². The van der Waals surface area contributed by atoms with Crippen LogP contribution in [-0.2, 0) is 14.3 Å². The van der Waals surface area contributed by atoms with E-state index in [1.165, 1.54) is 6.92 Å². The highest BCUT2D eigenvalue weighted by atomic mass is 16.5. The van der Waals surface area contributed by atoms with E-state index in [4.69, 9.17) is 4.74 Å². The Balaban J connectivity index is 1.73. The first-order valence-corrected chi connectivity index (χ1v) is 10.3. The number of Topliss-reactive ketones (excluding diaryl/α,β-unsaturated/α-hetero) is 1. The first kappa shape index (κ1) is 18.4. The molecule has 0 spiro atoms. The minimum Gasteiger partial charge on any atom is -0.462 e. The van der Waals surface area contributed by atoms with Crippen LogP contribution in [0.25, 0.3) is 0 Å². The summed E-state index contributed by atoms with van der Waals surface area (Å²) in [7, 11) is 0. The topological polar surface area (TPSA) is 83.8 Å². The predicted octanol–water partition coefficient (Wildman–Crippen LogP) is 2.47. The van der Waals surface area contributed by atoms with Gasteiger partial charge < -0.3 is 14.9 Å². The van der Waals surface area contributed by atoms with Crippen LogP contribution < -0.4 is 0 Å². The van der Waals surface area contributed by atoms with Gasteiger partial charge in [-0.1, -0.05) is 13.8 Å². The maximum atomic E-state index is 12.9. The molecule has 9 atom stereocenters. The molecule has 0 bridgehead atoms. The Bertz CT molecular complexity index is 618. The molecule has 0 aliphatic heterocycles. The van der Waals surface area contributed by atoms with Crippen LogP contribution in [0.15, 0.2) is 0 Å². The third-order valence-corrected chi connectivity index (χ3v) is 8.73. The molecule has 2 N–H and O–H groups in total. The van der Waals surface area contributed by atoms with Crippen molar-refractivity contribution in [3.63, 3.8) is 0 Å². The third kappa shape index (κ3) is 2.42. The zero-order chi connectivity index (χ0) is 18.9. The van der Waals surface area contributed by atoms with Gasteiger partial charge in [-0.25, -0.2) is 0 Å². The quantitative estimate of drug-likeness (QED) is 0.698. The molecule has 0 aromatic rings. The Kier molecular flexibility index (Phi) is 4.27. The molecule has 4 rings (SSSR count). The van der Waals surface area contributed by atoms with Gasteiger partial charge >= 0.3 is 5.97 Å². The lowest BCUT2D eigenvalue weighted by atomic mass is 9.44. The highest BCUT2D eigenvalue weighted by Crippen LogP contribution is 2.66. The predicted molar refractivity (Wildman–Crippen MR) is 95.1 cm³/mol. The first-order chi connectivity index (χ1) is 12.2. The average molecular weight is 364 g/mol. The molecule has 5 nitrogen and oxygen atoms in total. The summed E-state index contributed by atoms with van der Waals surface area (Å²) in [5, 5.41) is 20.8. The van der Waals surface area contributed by atoms with Crippen molar-refractivity contribution < 1.29 is 24.5 Å². The van der Waals surface area contributed by atoms with Crippen LogP contribution in [0.1, 0.15) is 65.7 Å². The highest BCUT2D eigenvalue weighted by Gasteiger charge is 2.64. The molecule has 0 heterocycles. The largest absolute Gasteiger partial charge is 0.462 e. The summed E-state index contributed by atoms with van der Waals surface area (Å²) in [5.41, 5.74) is -0.280. The average Bonchev–Trinajstić information content (AvgIpc) is 2.86. The molecule has 0 aromatic carbocycles. The Labute approximate surface area is 155 Å². The minimum absolute atomic E-state index is 0.0523. The number of hydrogen-bond donors (Lipinski definition) is 2. The van der Waals surface area contributed by atoms with E-state index in [1.54, 1.807) is 0 Å². The third-order valence-electron chi connectivity index (χ3n) is 8.73. The smallest absolute Gasteiger partial charge is 0.302 e. The number of carbonyl (C=O) groups is 2. The lowest BCUT2D eigenvalue weighted by molar-refractivity contribution is -0.194. The molecule has 146 valence electrons. The lowest BCUT2D eigenvalue weighted by Crippen LogP contribution is -2.62. The van der Waals surface area contributed by atoms with E-state index in [-0.39, 0.29) is 28.7 Å². The van der Waals surface area contributed by atoms with E-state index < -0.39 is 18.1 Å². The van der Waals surface area contributed by atoms with Gasteiger partial charge in [0.1, 0.15) is 12.2 Å². The molecule has 26 heavy (non-hydrogen) atoms. The molecule has 4 aliphatic carbocycles.